The van der Waals surface area contributed by atoms with Gasteiger partial charge in [0.15, 0.2) is 0 Å². The first-order valence-electron chi connectivity index (χ1n) is 7.35. The van der Waals surface area contributed by atoms with E-state index < -0.39 is 0 Å². The molecule has 22 heavy (non-hydrogen) atoms. The van der Waals surface area contributed by atoms with Crippen molar-refractivity contribution in [3.05, 3.63) is 65.0 Å². The number of benzene rings is 2. The van der Waals surface area contributed by atoms with Crippen molar-refractivity contribution in [2.24, 2.45) is 0 Å². The van der Waals surface area contributed by atoms with E-state index in [2.05, 4.69) is 0 Å². The smallest absolute Gasteiger partial charge is 0.258 e. The Labute approximate surface area is 127 Å². The van der Waals surface area contributed by atoms with E-state index in [4.69, 9.17) is 0 Å². The van der Waals surface area contributed by atoms with Gasteiger partial charge < -0.3 is 4.90 Å². The highest BCUT2D eigenvalue weighted by Crippen LogP contribution is 2.44. The second kappa shape index (κ2) is 4.77. The van der Waals surface area contributed by atoms with Crippen molar-refractivity contribution in [2.75, 3.05) is 11.4 Å². The zero-order valence-electron chi connectivity index (χ0n) is 11.9. The van der Waals surface area contributed by atoms with Crippen LogP contribution in [0, 0.1) is 5.82 Å². The van der Waals surface area contributed by atoms with E-state index in [-0.39, 0.29) is 29.8 Å². The minimum Gasteiger partial charge on any atom is -0.307 e. The minimum atomic E-state index is -0.342. The molecule has 0 radical (unpaired) electrons. The first-order chi connectivity index (χ1) is 10.6. The van der Waals surface area contributed by atoms with Crippen LogP contribution in [0.5, 0.6) is 0 Å². The Morgan fingerprint density at radius 2 is 1.91 bits per heavy atom. The second-order valence-corrected chi connectivity index (χ2v) is 5.86. The third-order valence-corrected chi connectivity index (χ3v) is 4.49. The van der Waals surface area contributed by atoms with E-state index in [0.29, 0.717) is 24.1 Å². The fourth-order valence-electron chi connectivity index (χ4n) is 3.55. The molecule has 4 heteroatoms. The highest BCUT2D eigenvalue weighted by molar-refractivity contribution is 6.08. The predicted molar refractivity (Wildman–Crippen MR) is 80.6 cm³/mol. The van der Waals surface area contributed by atoms with E-state index in [1.165, 1.54) is 6.07 Å². The Bertz CT molecular complexity index is 785. The van der Waals surface area contributed by atoms with Gasteiger partial charge in [0.25, 0.3) is 5.91 Å². The monoisotopic (exact) mass is 295 g/mol. The van der Waals surface area contributed by atoms with Crippen molar-refractivity contribution in [3.8, 4) is 0 Å². The zero-order chi connectivity index (χ0) is 15.3. The zero-order valence-corrected chi connectivity index (χ0v) is 11.9. The normalized spacial score (nSPS) is 19.2. The molecule has 2 aliphatic rings. The van der Waals surface area contributed by atoms with Crippen LogP contribution in [0.2, 0.25) is 0 Å². The van der Waals surface area contributed by atoms with Gasteiger partial charge in [-0.05, 0) is 29.8 Å². The third kappa shape index (κ3) is 1.87. The molecule has 1 heterocycles. The van der Waals surface area contributed by atoms with Gasteiger partial charge in [-0.1, -0.05) is 18.2 Å². The number of ketones is 1. The fourth-order valence-corrected chi connectivity index (χ4v) is 3.55. The van der Waals surface area contributed by atoms with E-state index in [1.54, 1.807) is 23.1 Å². The Balaban J connectivity index is 1.80. The summed E-state index contributed by atoms with van der Waals surface area (Å²) in [5, 5.41) is 0. The molecular weight excluding hydrogens is 281 g/mol. The molecule has 0 saturated heterocycles. The van der Waals surface area contributed by atoms with Crippen LogP contribution in [0.4, 0.5) is 10.1 Å². The number of carbonyl (C=O) groups is 2. The van der Waals surface area contributed by atoms with E-state index in [0.717, 1.165) is 11.3 Å². The number of hydrogen-bond acceptors (Lipinski definition) is 2. The van der Waals surface area contributed by atoms with Crippen molar-refractivity contribution in [1.82, 2.24) is 0 Å². The quantitative estimate of drug-likeness (QED) is 0.810. The molecular formula is C18H14FNO2. The lowest BCUT2D eigenvalue weighted by molar-refractivity contribution is -0.119. The Kier molecular flexibility index (Phi) is 2.86. The topological polar surface area (TPSA) is 37.4 Å². The number of hydrogen-bond donors (Lipinski definition) is 0. The Morgan fingerprint density at radius 3 is 2.68 bits per heavy atom. The van der Waals surface area contributed by atoms with Crippen LogP contribution in [0.3, 0.4) is 0 Å². The molecule has 1 unspecified atom stereocenters. The van der Waals surface area contributed by atoms with Gasteiger partial charge in [-0.3, -0.25) is 9.59 Å². The molecule has 1 aliphatic carbocycles. The molecule has 1 amide bonds. The summed E-state index contributed by atoms with van der Waals surface area (Å²) in [6.07, 6.45) is 0.529. The van der Waals surface area contributed by atoms with Gasteiger partial charge in [-0.25, -0.2) is 4.39 Å². The molecule has 2 aromatic carbocycles. The standard InChI is InChI=1S/C18H14FNO2/c19-15-6-7-16-17-12(8-13(21)9-14(15)17)10-20(16)18(22)11-4-2-1-3-5-11/h1-7,12H,8-10H2. The third-order valence-electron chi connectivity index (χ3n) is 4.49. The van der Waals surface area contributed by atoms with E-state index in [9.17, 15) is 14.0 Å². The number of nitrogens with zero attached hydrogens (tertiary/aromatic N) is 1. The van der Waals surface area contributed by atoms with Crippen LogP contribution in [0.1, 0.15) is 33.8 Å². The molecule has 2 aromatic rings. The van der Waals surface area contributed by atoms with Gasteiger partial charge in [-0.2, -0.15) is 0 Å². The maximum atomic E-state index is 14.0. The van der Waals surface area contributed by atoms with Crippen LogP contribution in [-0.4, -0.2) is 18.2 Å². The highest BCUT2D eigenvalue weighted by Gasteiger charge is 2.39. The molecule has 0 bridgehead atoms. The molecule has 0 fully saturated rings. The molecule has 1 aliphatic heterocycles. The van der Waals surface area contributed by atoms with Gasteiger partial charge >= 0.3 is 0 Å². The van der Waals surface area contributed by atoms with E-state index >= 15 is 0 Å². The minimum absolute atomic E-state index is 0.0440. The lowest BCUT2D eigenvalue weighted by atomic mass is 9.83. The Hall–Kier alpha value is -2.49. The van der Waals surface area contributed by atoms with Crippen LogP contribution in [0.15, 0.2) is 42.5 Å². The van der Waals surface area contributed by atoms with Gasteiger partial charge in [0.05, 0.1) is 0 Å². The van der Waals surface area contributed by atoms with E-state index in [1.807, 2.05) is 18.2 Å². The fraction of sp³-hybridized carbons (Fsp3) is 0.222. The van der Waals surface area contributed by atoms with Crippen LogP contribution < -0.4 is 4.90 Å². The average molecular weight is 295 g/mol. The summed E-state index contributed by atoms with van der Waals surface area (Å²) in [4.78, 5) is 26.2. The highest BCUT2D eigenvalue weighted by atomic mass is 19.1. The number of anilines is 1. The molecule has 3 nitrogen and oxygen atoms in total. The number of Topliss-reactive ketones (excluding diaryl/α,β-unsaturated/α-hetero) is 1. The lowest BCUT2D eigenvalue weighted by Gasteiger charge is -2.19. The van der Waals surface area contributed by atoms with Gasteiger partial charge in [-0.15, -0.1) is 0 Å². The summed E-state index contributed by atoms with van der Waals surface area (Å²) in [5.41, 5.74) is 2.68. The lowest BCUT2D eigenvalue weighted by Crippen LogP contribution is -2.30. The molecule has 110 valence electrons. The second-order valence-electron chi connectivity index (χ2n) is 5.86. The summed E-state index contributed by atoms with van der Waals surface area (Å²) in [5.74, 6) is -0.473. The molecule has 0 saturated carbocycles. The number of halogens is 1. The van der Waals surface area contributed by atoms with Gasteiger partial charge in [0.2, 0.25) is 0 Å². The number of amides is 1. The van der Waals surface area contributed by atoms with Gasteiger partial charge in [0, 0.05) is 42.1 Å². The van der Waals surface area contributed by atoms with Crippen molar-refractivity contribution in [3.63, 3.8) is 0 Å². The number of carbonyl (C=O) groups excluding carboxylic acids is 2. The SMILES string of the molecule is O=C1Cc2c(F)ccc3c2C(C1)CN3C(=O)c1ccccc1. The summed E-state index contributed by atoms with van der Waals surface area (Å²) < 4.78 is 14.0. The molecule has 4 rings (SSSR count). The number of rotatable bonds is 1. The van der Waals surface area contributed by atoms with Gasteiger partial charge in [0.1, 0.15) is 11.6 Å². The van der Waals surface area contributed by atoms with Crippen LogP contribution in [-0.2, 0) is 11.2 Å². The molecule has 0 aromatic heterocycles. The maximum absolute atomic E-state index is 14.0. The first kappa shape index (κ1) is 13.2. The summed E-state index contributed by atoms with van der Waals surface area (Å²) in [7, 11) is 0. The van der Waals surface area contributed by atoms with Crippen molar-refractivity contribution >= 4 is 17.4 Å². The summed E-state index contributed by atoms with van der Waals surface area (Å²) >= 11 is 0. The molecule has 1 atom stereocenters. The Morgan fingerprint density at radius 1 is 1.14 bits per heavy atom. The van der Waals surface area contributed by atoms with Crippen molar-refractivity contribution < 1.29 is 14.0 Å². The summed E-state index contributed by atoms with van der Waals surface area (Å²) in [6.45, 7) is 0.450. The van der Waals surface area contributed by atoms with Crippen molar-refractivity contribution in [1.29, 1.82) is 0 Å². The summed E-state index contributed by atoms with van der Waals surface area (Å²) in [6, 6.07) is 12.1. The van der Waals surface area contributed by atoms with Crippen LogP contribution >= 0.6 is 0 Å². The first-order valence-corrected chi connectivity index (χ1v) is 7.35. The molecule has 0 spiro atoms. The van der Waals surface area contributed by atoms with Crippen LogP contribution in [0.25, 0.3) is 0 Å². The maximum Gasteiger partial charge on any atom is 0.258 e. The average Bonchev–Trinajstić information content (AvgIpc) is 2.90. The predicted octanol–water partition coefficient (Wildman–Crippen LogP) is 3.09. The van der Waals surface area contributed by atoms with Crippen molar-refractivity contribution in [2.45, 2.75) is 18.8 Å². The molecule has 0 N–H and O–H groups in total. The largest absolute Gasteiger partial charge is 0.307 e.